The van der Waals surface area contributed by atoms with Crippen molar-refractivity contribution in [2.45, 2.75) is 25.1 Å². The lowest BCUT2D eigenvalue weighted by Crippen LogP contribution is -2.43. The van der Waals surface area contributed by atoms with Gasteiger partial charge in [-0.3, -0.25) is 4.79 Å². The molecule has 0 atom stereocenters. The molecule has 4 rings (SSSR count). The van der Waals surface area contributed by atoms with Crippen LogP contribution in [0.1, 0.15) is 29.0 Å². The molecule has 1 aliphatic heterocycles. The fourth-order valence-electron chi connectivity index (χ4n) is 3.68. The molecule has 0 bridgehead atoms. The molecule has 1 fully saturated rings. The van der Waals surface area contributed by atoms with E-state index in [1.54, 1.807) is 24.3 Å². The first-order chi connectivity index (χ1) is 15.2. The predicted octanol–water partition coefficient (Wildman–Crippen LogP) is 3.90. The largest absolute Gasteiger partial charge is 0.497 e. The van der Waals surface area contributed by atoms with Gasteiger partial charge < -0.3 is 15.0 Å². The van der Waals surface area contributed by atoms with E-state index in [1.165, 1.54) is 7.11 Å². The second-order valence-corrected chi connectivity index (χ2v) is 8.08. The van der Waals surface area contributed by atoms with Crippen molar-refractivity contribution in [1.82, 2.24) is 24.8 Å². The van der Waals surface area contributed by atoms with Crippen molar-refractivity contribution in [3.63, 3.8) is 0 Å². The van der Waals surface area contributed by atoms with E-state index in [9.17, 15) is 18.0 Å². The number of aromatic nitrogens is 3. The Bertz CT molecular complexity index is 1160. The number of methoxy groups -OCH3 is 1. The van der Waals surface area contributed by atoms with E-state index >= 15 is 0 Å². The molecule has 170 valence electrons. The molecule has 1 aliphatic rings. The number of hydrogen-bond donors (Lipinski definition) is 1. The summed E-state index contributed by atoms with van der Waals surface area (Å²) < 4.78 is 47.3. The van der Waals surface area contributed by atoms with E-state index in [0.29, 0.717) is 15.8 Å². The topological polar surface area (TPSA) is 71.8 Å². The van der Waals surface area contributed by atoms with Crippen LogP contribution in [0, 0.1) is 0 Å². The highest BCUT2D eigenvalue weighted by Crippen LogP contribution is 2.35. The van der Waals surface area contributed by atoms with Gasteiger partial charge in [0.05, 0.1) is 12.8 Å². The standard InChI is InChI=1S/C21H21ClF3N5O2/c1-29-8-6-13(7-9-29)26-20(31)18-17(22)19-27-15(12-4-3-5-14(10-12)32-2)11-16(21(23,24)25)30(19)28-18/h3-5,10-11,13H,6-9H2,1-2H3,(H,26,31). The molecular weight excluding hydrogens is 447 g/mol. The van der Waals surface area contributed by atoms with E-state index in [4.69, 9.17) is 16.3 Å². The summed E-state index contributed by atoms with van der Waals surface area (Å²) >= 11 is 6.33. The average Bonchev–Trinajstić information content (AvgIpc) is 3.10. The number of hydrogen-bond acceptors (Lipinski definition) is 5. The van der Waals surface area contributed by atoms with Gasteiger partial charge in [-0.15, -0.1) is 0 Å². The Morgan fingerprint density at radius 1 is 1.25 bits per heavy atom. The Morgan fingerprint density at radius 2 is 1.97 bits per heavy atom. The minimum Gasteiger partial charge on any atom is -0.497 e. The van der Waals surface area contributed by atoms with Crippen molar-refractivity contribution >= 4 is 23.2 Å². The summed E-state index contributed by atoms with van der Waals surface area (Å²) in [4.78, 5) is 19.2. The van der Waals surface area contributed by atoms with Crippen LogP contribution >= 0.6 is 11.6 Å². The van der Waals surface area contributed by atoms with Crippen LogP contribution in [0.4, 0.5) is 13.2 Å². The van der Waals surface area contributed by atoms with Crippen molar-refractivity contribution in [3.8, 4) is 17.0 Å². The van der Waals surface area contributed by atoms with Crippen LogP contribution in [0.3, 0.4) is 0 Å². The van der Waals surface area contributed by atoms with Gasteiger partial charge in [-0.05, 0) is 51.2 Å². The first kappa shape index (κ1) is 22.3. The molecule has 1 amide bonds. The molecule has 7 nitrogen and oxygen atoms in total. The normalized spacial score (nSPS) is 15.8. The van der Waals surface area contributed by atoms with Crippen LogP contribution < -0.4 is 10.1 Å². The van der Waals surface area contributed by atoms with E-state index in [2.05, 4.69) is 20.3 Å². The van der Waals surface area contributed by atoms with Gasteiger partial charge in [-0.25, -0.2) is 9.50 Å². The number of ether oxygens (including phenoxy) is 1. The number of likely N-dealkylation sites (tertiary alicyclic amines) is 1. The number of halogens is 4. The van der Waals surface area contributed by atoms with Gasteiger partial charge in [0, 0.05) is 11.6 Å². The van der Waals surface area contributed by atoms with Crippen LogP contribution in [-0.4, -0.2) is 58.7 Å². The zero-order valence-electron chi connectivity index (χ0n) is 17.4. The van der Waals surface area contributed by atoms with Crippen molar-refractivity contribution in [2.75, 3.05) is 27.2 Å². The average molecular weight is 468 g/mol. The molecule has 2 aromatic heterocycles. The first-order valence-electron chi connectivity index (χ1n) is 9.97. The van der Waals surface area contributed by atoms with Gasteiger partial charge in [-0.1, -0.05) is 23.7 Å². The second kappa shape index (κ2) is 8.59. The van der Waals surface area contributed by atoms with Crippen molar-refractivity contribution in [2.24, 2.45) is 0 Å². The minimum absolute atomic E-state index is 0.0350. The summed E-state index contributed by atoms with van der Waals surface area (Å²) in [6.45, 7) is 1.63. The first-order valence-corrected chi connectivity index (χ1v) is 10.4. The molecule has 0 aliphatic carbocycles. The lowest BCUT2D eigenvalue weighted by Gasteiger charge is -2.29. The van der Waals surface area contributed by atoms with Gasteiger partial charge in [-0.2, -0.15) is 18.3 Å². The zero-order valence-corrected chi connectivity index (χ0v) is 18.2. The number of benzene rings is 1. The van der Waals surface area contributed by atoms with Gasteiger partial charge >= 0.3 is 6.18 Å². The number of nitrogens with zero attached hydrogens (tertiary/aromatic N) is 4. The minimum atomic E-state index is -4.74. The van der Waals surface area contributed by atoms with Crippen LogP contribution in [0.2, 0.25) is 5.02 Å². The molecule has 3 heterocycles. The summed E-state index contributed by atoms with van der Waals surface area (Å²) in [5.74, 6) is -0.151. The number of rotatable bonds is 4. The fourth-order valence-corrected chi connectivity index (χ4v) is 3.92. The maximum Gasteiger partial charge on any atom is 0.433 e. The molecule has 11 heteroatoms. The molecule has 0 unspecified atom stereocenters. The molecule has 32 heavy (non-hydrogen) atoms. The lowest BCUT2D eigenvalue weighted by atomic mass is 10.1. The van der Waals surface area contributed by atoms with Crippen LogP contribution in [0.25, 0.3) is 16.9 Å². The highest BCUT2D eigenvalue weighted by molar-refractivity contribution is 6.36. The number of alkyl halides is 3. The third-order valence-electron chi connectivity index (χ3n) is 5.46. The van der Waals surface area contributed by atoms with Crippen LogP contribution in [0.5, 0.6) is 5.75 Å². The summed E-state index contributed by atoms with van der Waals surface area (Å²) in [6, 6.07) is 7.28. The summed E-state index contributed by atoms with van der Waals surface area (Å²) in [5.41, 5.74) is -1.17. The zero-order chi connectivity index (χ0) is 23.0. The molecule has 1 saturated heterocycles. The fraction of sp³-hybridized carbons (Fsp3) is 0.381. The monoisotopic (exact) mass is 467 g/mol. The Hall–Kier alpha value is -2.85. The lowest BCUT2D eigenvalue weighted by molar-refractivity contribution is -0.142. The predicted molar refractivity (Wildman–Crippen MR) is 113 cm³/mol. The second-order valence-electron chi connectivity index (χ2n) is 7.71. The molecule has 0 radical (unpaired) electrons. The quantitative estimate of drug-likeness (QED) is 0.630. The van der Waals surface area contributed by atoms with E-state index in [1.807, 2.05) is 7.05 Å². The van der Waals surface area contributed by atoms with Crippen molar-refractivity contribution in [1.29, 1.82) is 0 Å². The maximum absolute atomic E-state index is 13.8. The smallest absolute Gasteiger partial charge is 0.433 e. The summed E-state index contributed by atoms with van der Waals surface area (Å²) in [6.07, 6.45) is -3.27. The number of amides is 1. The van der Waals surface area contributed by atoms with Crippen molar-refractivity contribution in [3.05, 3.63) is 46.7 Å². The third kappa shape index (κ3) is 4.37. The maximum atomic E-state index is 13.8. The highest BCUT2D eigenvalue weighted by atomic mass is 35.5. The van der Waals surface area contributed by atoms with E-state index in [0.717, 1.165) is 32.0 Å². The van der Waals surface area contributed by atoms with E-state index in [-0.39, 0.29) is 28.1 Å². The SMILES string of the molecule is COc1cccc(-c2cc(C(F)(F)F)n3nc(C(=O)NC4CCN(C)CC4)c(Cl)c3n2)c1. The van der Waals surface area contributed by atoms with Crippen molar-refractivity contribution < 1.29 is 22.7 Å². The number of piperidine rings is 1. The summed E-state index contributed by atoms with van der Waals surface area (Å²) in [5, 5.41) is 6.48. The number of carbonyl (C=O) groups is 1. The molecule has 1 N–H and O–H groups in total. The van der Waals surface area contributed by atoms with Gasteiger partial charge in [0.25, 0.3) is 5.91 Å². The number of fused-ring (bicyclic) bond motifs is 1. The third-order valence-corrected chi connectivity index (χ3v) is 5.81. The van der Waals surface area contributed by atoms with Gasteiger partial charge in [0.15, 0.2) is 17.0 Å². The molecule has 0 spiro atoms. The van der Waals surface area contributed by atoms with Crippen LogP contribution in [0.15, 0.2) is 30.3 Å². The van der Waals surface area contributed by atoms with Gasteiger partial charge in [0.1, 0.15) is 10.8 Å². The molecule has 0 saturated carbocycles. The van der Waals surface area contributed by atoms with E-state index < -0.39 is 17.8 Å². The Morgan fingerprint density at radius 3 is 2.62 bits per heavy atom. The Labute approximate surface area is 187 Å². The molecule has 3 aromatic rings. The Balaban J connectivity index is 1.77. The molecule has 1 aromatic carbocycles. The number of carbonyl (C=O) groups excluding carboxylic acids is 1. The molecular formula is C21H21ClF3N5O2. The van der Waals surface area contributed by atoms with Gasteiger partial charge in [0.2, 0.25) is 0 Å². The van der Waals surface area contributed by atoms with Crippen LogP contribution in [-0.2, 0) is 6.18 Å². The number of nitrogens with one attached hydrogen (secondary N) is 1. The highest BCUT2D eigenvalue weighted by Gasteiger charge is 2.37. The Kier molecular flexibility index (Phi) is 6.00. The summed E-state index contributed by atoms with van der Waals surface area (Å²) in [7, 11) is 3.45.